The van der Waals surface area contributed by atoms with Crippen LogP contribution in [0.25, 0.3) is 6.08 Å². The van der Waals surface area contributed by atoms with E-state index in [2.05, 4.69) is 5.32 Å². The molecule has 0 radical (unpaired) electrons. The van der Waals surface area contributed by atoms with Gasteiger partial charge in [-0.25, -0.2) is 9.18 Å². The third-order valence-corrected chi connectivity index (χ3v) is 3.59. The molecule has 4 nitrogen and oxygen atoms in total. The lowest BCUT2D eigenvalue weighted by Crippen LogP contribution is -2.29. The first-order valence-corrected chi connectivity index (χ1v) is 7.24. The first-order chi connectivity index (χ1) is 9.43. The van der Waals surface area contributed by atoms with Gasteiger partial charge in [0.25, 0.3) is 5.91 Å². The maximum absolute atomic E-state index is 13.7. The summed E-state index contributed by atoms with van der Waals surface area (Å²) < 4.78 is 13.7. The molecule has 2 N–H and O–H groups in total. The fourth-order valence-electron chi connectivity index (χ4n) is 1.39. The molecule has 20 heavy (non-hydrogen) atoms. The van der Waals surface area contributed by atoms with Crippen molar-refractivity contribution in [3.63, 3.8) is 0 Å². The van der Waals surface area contributed by atoms with Crippen LogP contribution in [-0.2, 0) is 4.79 Å². The molecule has 1 aromatic carbocycles. The van der Waals surface area contributed by atoms with Gasteiger partial charge in [0.05, 0.1) is 0 Å². The van der Waals surface area contributed by atoms with E-state index in [1.165, 1.54) is 12.1 Å². The highest BCUT2D eigenvalue weighted by Crippen LogP contribution is 2.12. The maximum Gasteiger partial charge on any atom is 0.328 e. The molecule has 0 fully saturated rings. The average molecular weight is 297 g/mol. The molecule has 0 aliphatic heterocycles. The summed E-state index contributed by atoms with van der Waals surface area (Å²) in [6.45, 7) is 2.48. The van der Waals surface area contributed by atoms with Crippen molar-refractivity contribution in [3.05, 3.63) is 41.2 Å². The Kier molecular flexibility index (Phi) is 6.24. The molecular weight excluding hydrogens is 281 g/mol. The monoisotopic (exact) mass is 297 g/mol. The predicted molar refractivity (Wildman–Crippen MR) is 78.4 cm³/mol. The summed E-state index contributed by atoms with van der Waals surface area (Å²) in [4.78, 5) is 22.2. The van der Waals surface area contributed by atoms with Crippen molar-refractivity contribution < 1.29 is 19.1 Å². The van der Waals surface area contributed by atoms with Gasteiger partial charge in [0.1, 0.15) is 5.82 Å². The quantitative estimate of drug-likeness (QED) is 0.791. The Morgan fingerprint density at radius 2 is 2.20 bits per heavy atom. The van der Waals surface area contributed by atoms with E-state index in [0.29, 0.717) is 6.54 Å². The van der Waals surface area contributed by atoms with E-state index in [9.17, 15) is 14.0 Å². The van der Waals surface area contributed by atoms with Crippen LogP contribution in [0.1, 0.15) is 22.8 Å². The second-order valence-corrected chi connectivity index (χ2v) is 5.44. The van der Waals surface area contributed by atoms with Gasteiger partial charge in [-0.3, -0.25) is 4.79 Å². The number of hydrogen-bond donors (Lipinski definition) is 2. The van der Waals surface area contributed by atoms with Crippen LogP contribution in [0.15, 0.2) is 24.3 Å². The molecular formula is C14H16FNO3S. The second kappa shape index (κ2) is 7.69. The summed E-state index contributed by atoms with van der Waals surface area (Å²) in [6, 6.07) is 3.94. The highest BCUT2D eigenvalue weighted by atomic mass is 32.2. The third-order valence-electron chi connectivity index (χ3n) is 2.62. The number of benzene rings is 1. The van der Waals surface area contributed by atoms with Gasteiger partial charge in [0.2, 0.25) is 0 Å². The molecule has 0 bridgehead atoms. The second-order valence-electron chi connectivity index (χ2n) is 4.16. The summed E-state index contributed by atoms with van der Waals surface area (Å²) in [6.07, 6.45) is 3.94. The van der Waals surface area contributed by atoms with Gasteiger partial charge in [-0.05, 0) is 24.5 Å². The van der Waals surface area contributed by atoms with Crippen molar-refractivity contribution in [2.45, 2.75) is 12.2 Å². The molecule has 0 spiro atoms. The van der Waals surface area contributed by atoms with E-state index in [-0.39, 0.29) is 22.3 Å². The van der Waals surface area contributed by atoms with E-state index in [4.69, 9.17) is 5.11 Å². The van der Waals surface area contributed by atoms with Crippen LogP contribution in [0.5, 0.6) is 0 Å². The van der Waals surface area contributed by atoms with Gasteiger partial charge in [-0.2, -0.15) is 11.8 Å². The summed E-state index contributed by atoms with van der Waals surface area (Å²) in [5, 5.41) is 11.5. The minimum absolute atomic E-state index is 0.126. The zero-order chi connectivity index (χ0) is 15.1. The molecule has 0 aliphatic carbocycles. The number of thioether (sulfide) groups is 1. The minimum atomic E-state index is -1.16. The lowest BCUT2D eigenvalue weighted by molar-refractivity contribution is -0.131. The van der Waals surface area contributed by atoms with Crippen molar-refractivity contribution in [3.8, 4) is 0 Å². The first-order valence-electron chi connectivity index (χ1n) is 5.95. The molecule has 1 unspecified atom stereocenters. The van der Waals surface area contributed by atoms with E-state index in [0.717, 1.165) is 18.2 Å². The van der Waals surface area contributed by atoms with Gasteiger partial charge in [0, 0.05) is 29.0 Å². The molecule has 1 rings (SSSR count). The molecule has 0 aromatic heterocycles. The van der Waals surface area contributed by atoms with Crippen LogP contribution >= 0.6 is 11.8 Å². The van der Waals surface area contributed by atoms with Crippen molar-refractivity contribution in [1.82, 2.24) is 5.32 Å². The molecule has 1 aromatic rings. The average Bonchev–Trinajstić information content (AvgIpc) is 2.42. The standard InChI is InChI=1S/C14H16FNO3S/c1-9(20-2)8-16-14(19)11-4-3-10(12(15)7-11)5-6-13(17)18/h3-7,9H,8H2,1-2H3,(H,16,19)(H,17,18)/b6-5+. The van der Waals surface area contributed by atoms with E-state index in [1.54, 1.807) is 11.8 Å². The molecule has 1 amide bonds. The fourth-order valence-corrected chi connectivity index (χ4v) is 1.64. The lowest BCUT2D eigenvalue weighted by Gasteiger charge is -2.10. The highest BCUT2D eigenvalue weighted by Gasteiger charge is 2.09. The summed E-state index contributed by atoms with van der Waals surface area (Å²) in [5.74, 6) is -2.14. The maximum atomic E-state index is 13.7. The normalized spacial score (nSPS) is 12.3. The molecule has 0 saturated carbocycles. The van der Waals surface area contributed by atoms with Gasteiger partial charge < -0.3 is 10.4 Å². The molecule has 0 saturated heterocycles. The molecule has 108 valence electrons. The topological polar surface area (TPSA) is 66.4 Å². The molecule has 0 heterocycles. The van der Waals surface area contributed by atoms with E-state index < -0.39 is 11.8 Å². The van der Waals surface area contributed by atoms with Crippen LogP contribution < -0.4 is 5.32 Å². The Morgan fingerprint density at radius 1 is 1.50 bits per heavy atom. The molecule has 0 aliphatic rings. The van der Waals surface area contributed by atoms with Gasteiger partial charge in [-0.1, -0.05) is 13.0 Å². The van der Waals surface area contributed by atoms with Gasteiger partial charge >= 0.3 is 5.97 Å². The van der Waals surface area contributed by atoms with Crippen molar-refractivity contribution in [1.29, 1.82) is 0 Å². The van der Waals surface area contributed by atoms with Crippen LogP contribution in [0, 0.1) is 5.82 Å². The zero-order valence-corrected chi connectivity index (χ0v) is 12.0. The minimum Gasteiger partial charge on any atom is -0.478 e. The number of carboxylic acids is 1. The number of carbonyl (C=O) groups is 2. The van der Waals surface area contributed by atoms with Crippen molar-refractivity contribution >= 4 is 29.7 Å². The van der Waals surface area contributed by atoms with E-state index >= 15 is 0 Å². The smallest absolute Gasteiger partial charge is 0.328 e. The van der Waals surface area contributed by atoms with Crippen LogP contribution in [0.3, 0.4) is 0 Å². The number of nitrogens with one attached hydrogen (secondary N) is 1. The number of hydrogen-bond acceptors (Lipinski definition) is 3. The van der Waals surface area contributed by atoms with Gasteiger partial charge in [-0.15, -0.1) is 0 Å². The zero-order valence-electron chi connectivity index (χ0n) is 11.2. The Balaban J connectivity index is 2.76. The SMILES string of the molecule is CSC(C)CNC(=O)c1ccc(/C=C/C(=O)O)c(F)c1. The number of amides is 1. The Labute approximate surface area is 121 Å². The number of carbonyl (C=O) groups excluding carboxylic acids is 1. The van der Waals surface area contributed by atoms with Crippen LogP contribution in [0.4, 0.5) is 4.39 Å². The Hall–Kier alpha value is -1.82. The fraction of sp³-hybridized carbons (Fsp3) is 0.286. The van der Waals surface area contributed by atoms with Crippen LogP contribution in [0.2, 0.25) is 0 Å². The van der Waals surface area contributed by atoms with Crippen LogP contribution in [-0.4, -0.2) is 35.0 Å². The number of rotatable bonds is 6. The Morgan fingerprint density at radius 3 is 2.75 bits per heavy atom. The third kappa shape index (κ3) is 5.05. The summed E-state index contributed by atoms with van der Waals surface area (Å²) >= 11 is 1.62. The summed E-state index contributed by atoms with van der Waals surface area (Å²) in [5.41, 5.74) is 0.338. The number of aliphatic carboxylic acids is 1. The Bertz CT molecular complexity index is 531. The largest absolute Gasteiger partial charge is 0.478 e. The van der Waals surface area contributed by atoms with Crippen molar-refractivity contribution in [2.24, 2.45) is 0 Å². The summed E-state index contributed by atoms with van der Waals surface area (Å²) in [7, 11) is 0. The van der Waals surface area contributed by atoms with E-state index in [1.807, 2.05) is 13.2 Å². The number of halogens is 1. The molecule has 1 atom stereocenters. The molecule has 6 heteroatoms. The number of carboxylic acid groups (broad SMARTS) is 1. The first kappa shape index (κ1) is 16.2. The lowest BCUT2D eigenvalue weighted by atomic mass is 10.1. The van der Waals surface area contributed by atoms with Crippen molar-refractivity contribution in [2.75, 3.05) is 12.8 Å². The van der Waals surface area contributed by atoms with Gasteiger partial charge in [0.15, 0.2) is 0 Å². The highest BCUT2D eigenvalue weighted by molar-refractivity contribution is 7.99. The predicted octanol–water partition coefficient (Wildman–Crippen LogP) is 2.40.